The Balaban J connectivity index is 1.32. The molecule has 2 aromatic carbocycles. The largest absolute Gasteiger partial charge is 0.352 e. The van der Waals surface area contributed by atoms with E-state index in [1.807, 2.05) is 42.5 Å². The third-order valence-electron chi connectivity index (χ3n) is 3.69. The Bertz CT molecular complexity index is 1070. The molecule has 4 N–H and O–H groups in total. The minimum absolute atomic E-state index is 0.0125. The lowest BCUT2D eigenvalue weighted by atomic mass is 10.2. The minimum Gasteiger partial charge on any atom is -0.352 e. The molecule has 0 saturated heterocycles. The predicted molar refractivity (Wildman–Crippen MR) is 99.8 cm³/mol. The van der Waals surface area contributed by atoms with Crippen LogP contribution < -0.4 is 16.2 Å². The first kappa shape index (κ1) is 16.0. The van der Waals surface area contributed by atoms with Gasteiger partial charge < -0.3 is 5.32 Å². The molecule has 0 bridgehead atoms. The van der Waals surface area contributed by atoms with Crippen molar-refractivity contribution in [3.8, 4) is 0 Å². The number of aromatic nitrogens is 3. The van der Waals surface area contributed by atoms with Crippen molar-refractivity contribution in [3.63, 3.8) is 0 Å². The maximum Gasteiger partial charge on any atom is 0.290 e. The number of aromatic amines is 1. The number of nitrogens with one attached hydrogen (secondary N) is 4. The van der Waals surface area contributed by atoms with Crippen LogP contribution in [0.25, 0.3) is 21.1 Å². The molecule has 0 radical (unpaired) electrons. The van der Waals surface area contributed by atoms with E-state index in [0.717, 1.165) is 15.7 Å². The van der Waals surface area contributed by atoms with E-state index in [9.17, 15) is 9.59 Å². The summed E-state index contributed by atoms with van der Waals surface area (Å²) < 4.78 is 1.04. The summed E-state index contributed by atoms with van der Waals surface area (Å²) >= 11 is 1.46. The molecule has 8 nitrogen and oxygen atoms in total. The number of fused-ring (bicyclic) bond motifs is 2. The molecule has 130 valence electrons. The Morgan fingerprint density at radius 3 is 2.73 bits per heavy atom. The van der Waals surface area contributed by atoms with Gasteiger partial charge in [-0.1, -0.05) is 41.7 Å². The smallest absolute Gasteiger partial charge is 0.290 e. The highest BCUT2D eigenvalue weighted by atomic mass is 32.1. The number of carbonyl (C=O) groups is 2. The summed E-state index contributed by atoms with van der Waals surface area (Å²) in [7, 11) is 0. The monoisotopic (exact) mass is 366 g/mol. The van der Waals surface area contributed by atoms with Crippen molar-refractivity contribution < 1.29 is 9.59 Å². The van der Waals surface area contributed by atoms with Gasteiger partial charge in [-0.3, -0.25) is 25.5 Å². The molecular weight excluding hydrogens is 352 g/mol. The highest BCUT2D eigenvalue weighted by molar-refractivity contribution is 7.22. The summed E-state index contributed by atoms with van der Waals surface area (Å²) in [5.41, 5.74) is 6.57. The van der Waals surface area contributed by atoms with Crippen molar-refractivity contribution >= 4 is 49.4 Å². The third kappa shape index (κ3) is 3.20. The molecule has 0 fully saturated rings. The minimum atomic E-state index is -0.490. The van der Waals surface area contributed by atoms with Crippen molar-refractivity contribution in [2.45, 2.75) is 0 Å². The van der Waals surface area contributed by atoms with Crippen LogP contribution in [-0.4, -0.2) is 33.5 Å². The van der Waals surface area contributed by atoms with E-state index in [1.165, 1.54) is 11.3 Å². The number of anilines is 1. The third-order valence-corrected chi connectivity index (χ3v) is 4.69. The molecule has 2 heterocycles. The van der Waals surface area contributed by atoms with Gasteiger partial charge in [0.2, 0.25) is 0 Å². The van der Waals surface area contributed by atoms with Crippen LogP contribution in [0.1, 0.15) is 10.5 Å². The van der Waals surface area contributed by atoms with E-state index in [0.29, 0.717) is 10.5 Å². The Morgan fingerprint density at radius 2 is 1.85 bits per heavy atom. The van der Waals surface area contributed by atoms with Crippen LogP contribution in [0.4, 0.5) is 5.13 Å². The van der Waals surface area contributed by atoms with Gasteiger partial charge in [0.25, 0.3) is 11.8 Å². The first-order chi connectivity index (χ1) is 12.7. The maximum atomic E-state index is 12.2. The van der Waals surface area contributed by atoms with E-state index in [-0.39, 0.29) is 12.2 Å². The van der Waals surface area contributed by atoms with Crippen LogP contribution in [0.2, 0.25) is 0 Å². The molecule has 0 atom stereocenters. The molecule has 0 aliphatic heterocycles. The molecule has 0 aliphatic rings. The summed E-state index contributed by atoms with van der Waals surface area (Å²) in [5, 5.41) is 11.0. The number of rotatable bonds is 4. The van der Waals surface area contributed by atoms with Crippen molar-refractivity contribution in [2.75, 3.05) is 11.9 Å². The van der Waals surface area contributed by atoms with Crippen LogP contribution >= 0.6 is 11.3 Å². The van der Waals surface area contributed by atoms with E-state index < -0.39 is 11.8 Å². The van der Waals surface area contributed by atoms with Crippen molar-refractivity contribution in [3.05, 3.63) is 54.2 Å². The Kier molecular flexibility index (Phi) is 4.20. The number of benzene rings is 2. The summed E-state index contributed by atoms with van der Waals surface area (Å²) in [5.74, 6) is -0.881. The molecule has 26 heavy (non-hydrogen) atoms. The van der Waals surface area contributed by atoms with Gasteiger partial charge in [-0.25, -0.2) is 4.98 Å². The molecular formula is C17H14N6O2S. The molecule has 0 unspecified atom stereocenters. The van der Waals surface area contributed by atoms with Crippen LogP contribution in [0, 0.1) is 0 Å². The lowest BCUT2D eigenvalue weighted by molar-refractivity contribution is -0.120. The maximum absolute atomic E-state index is 12.2. The van der Waals surface area contributed by atoms with Crippen molar-refractivity contribution in [2.24, 2.45) is 0 Å². The molecule has 0 saturated carbocycles. The Morgan fingerprint density at radius 1 is 1.04 bits per heavy atom. The average molecular weight is 366 g/mol. The van der Waals surface area contributed by atoms with Gasteiger partial charge in [0.1, 0.15) is 0 Å². The standard InChI is InChI=1S/C17H14N6O2S/c24-14(9-18-17-19-12-7-3-4-8-13(12)26-17)21-23-16(25)15-10-5-1-2-6-11(10)20-22-15/h1-8H,9H2,(H,18,19)(H,20,22)(H,21,24)(H,23,25). The number of H-pyrrole nitrogens is 1. The Hall–Kier alpha value is -3.46. The number of carbonyl (C=O) groups excluding carboxylic acids is 2. The summed E-state index contributed by atoms with van der Waals surface area (Å²) in [6, 6.07) is 15.0. The quantitative estimate of drug-likeness (QED) is 0.413. The predicted octanol–water partition coefficient (Wildman–Crippen LogP) is 2.05. The number of para-hydroxylation sites is 2. The molecule has 4 rings (SSSR count). The summed E-state index contributed by atoms with van der Waals surface area (Å²) in [6.45, 7) is -0.0125. The van der Waals surface area contributed by atoms with Crippen molar-refractivity contribution in [1.29, 1.82) is 0 Å². The molecule has 9 heteroatoms. The number of hydrogen-bond acceptors (Lipinski definition) is 6. The average Bonchev–Trinajstić information content (AvgIpc) is 3.28. The van der Waals surface area contributed by atoms with E-state index in [1.54, 1.807) is 6.07 Å². The second-order valence-corrected chi connectivity index (χ2v) is 6.49. The van der Waals surface area contributed by atoms with Crippen LogP contribution in [0.15, 0.2) is 48.5 Å². The van der Waals surface area contributed by atoms with Crippen LogP contribution in [-0.2, 0) is 4.79 Å². The van der Waals surface area contributed by atoms with Crippen LogP contribution in [0.3, 0.4) is 0 Å². The second-order valence-electron chi connectivity index (χ2n) is 5.46. The van der Waals surface area contributed by atoms with Crippen molar-refractivity contribution in [1.82, 2.24) is 26.0 Å². The molecule has 2 aromatic heterocycles. The van der Waals surface area contributed by atoms with E-state index in [2.05, 4.69) is 31.3 Å². The normalized spacial score (nSPS) is 10.8. The SMILES string of the molecule is O=C(CNc1nc2ccccc2s1)NNC(=O)c1n[nH]c2ccccc12. The molecule has 2 amide bonds. The summed E-state index contributed by atoms with van der Waals surface area (Å²) in [4.78, 5) is 28.5. The fraction of sp³-hybridized carbons (Fsp3) is 0.0588. The van der Waals surface area contributed by atoms with Crippen LogP contribution in [0.5, 0.6) is 0 Å². The molecule has 0 spiro atoms. The van der Waals surface area contributed by atoms with Gasteiger partial charge in [-0.05, 0) is 18.2 Å². The Labute approximate surface area is 151 Å². The second kappa shape index (κ2) is 6.81. The zero-order valence-corrected chi connectivity index (χ0v) is 14.3. The number of hydrogen-bond donors (Lipinski definition) is 4. The fourth-order valence-corrected chi connectivity index (χ4v) is 3.33. The zero-order valence-electron chi connectivity index (χ0n) is 13.4. The van der Waals surface area contributed by atoms with Gasteiger partial charge >= 0.3 is 0 Å². The van der Waals surface area contributed by atoms with Gasteiger partial charge in [-0.2, -0.15) is 5.10 Å². The van der Waals surface area contributed by atoms with Gasteiger partial charge in [0.15, 0.2) is 10.8 Å². The number of hydrazine groups is 1. The lowest BCUT2D eigenvalue weighted by Gasteiger charge is -2.06. The first-order valence-electron chi connectivity index (χ1n) is 7.82. The van der Waals surface area contributed by atoms with E-state index in [4.69, 9.17) is 0 Å². The molecule has 0 aliphatic carbocycles. The topological polar surface area (TPSA) is 112 Å². The van der Waals surface area contributed by atoms with Gasteiger partial charge in [0.05, 0.1) is 22.3 Å². The summed E-state index contributed by atoms with van der Waals surface area (Å²) in [6.07, 6.45) is 0. The number of amides is 2. The first-order valence-corrected chi connectivity index (χ1v) is 8.64. The zero-order chi connectivity index (χ0) is 17.9. The number of thiazole rings is 1. The number of nitrogens with zero attached hydrogens (tertiary/aromatic N) is 2. The molecule has 4 aromatic rings. The highest BCUT2D eigenvalue weighted by Crippen LogP contribution is 2.24. The van der Waals surface area contributed by atoms with Gasteiger partial charge in [-0.15, -0.1) is 0 Å². The highest BCUT2D eigenvalue weighted by Gasteiger charge is 2.14. The fourth-order valence-electron chi connectivity index (χ4n) is 2.47. The lowest BCUT2D eigenvalue weighted by Crippen LogP contribution is -2.44. The van der Waals surface area contributed by atoms with Gasteiger partial charge in [0, 0.05) is 5.39 Å². The van der Waals surface area contributed by atoms with E-state index >= 15 is 0 Å².